The van der Waals surface area contributed by atoms with E-state index < -0.39 is 17.5 Å². The van der Waals surface area contributed by atoms with Gasteiger partial charge < -0.3 is 5.73 Å². The van der Waals surface area contributed by atoms with Gasteiger partial charge in [-0.3, -0.25) is 0 Å². The molecule has 2 N–H and O–H groups in total. The van der Waals surface area contributed by atoms with Crippen LogP contribution in [0.2, 0.25) is 5.02 Å². The van der Waals surface area contributed by atoms with Crippen molar-refractivity contribution in [2.45, 2.75) is 0 Å². The van der Waals surface area contributed by atoms with Crippen molar-refractivity contribution in [2.75, 3.05) is 5.73 Å². The van der Waals surface area contributed by atoms with E-state index in [1.807, 2.05) is 0 Å². The van der Waals surface area contributed by atoms with Gasteiger partial charge in [0.2, 0.25) is 0 Å². The second kappa shape index (κ2) is 4.30. The molecule has 0 aliphatic rings. The first-order chi connectivity index (χ1) is 7.99. The molecule has 0 bridgehead atoms. The predicted octanol–water partition coefficient (Wildman–Crippen LogP) is 4.01. The first-order valence-electron chi connectivity index (χ1n) is 4.69. The van der Waals surface area contributed by atoms with Gasteiger partial charge >= 0.3 is 0 Å². The van der Waals surface area contributed by atoms with E-state index in [-0.39, 0.29) is 21.8 Å². The first kappa shape index (κ1) is 11.8. The molecule has 88 valence electrons. The van der Waals surface area contributed by atoms with Gasteiger partial charge in [-0.2, -0.15) is 0 Å². The molecule has 0 aliphatic heterocycles. The number of anilines is 1. The van der Waals surface area contributed by atoms with E-state index in [0.29, 0.717) is 12.1 Å². The summed E-state index contributed by atoms with van der Waals surface area (Å²) in [5.74, 6) is -2.93. The molecule has 0 radical (unpaired) electrons. The highest BCUT2D eigenvalue weighted by atomic mass is 35.5. The van der Waals surface area contributed by atoms with Gasteiger partial charge in [0.25, 0.3) is 0 Å². The molecule has 0 heterocycles. The molecule has 0 unspecified atom stereocenters. The molecule has 0 fully saturated rings. The number of halogens is 4. The van der Waals surface area contributed by atoms with E-state index in [2.05, 4.69) is 0 Å². The van der Waals surface area contributed by atoms with Crippen molar-refractivity contribution < 1.29 is 13.2 Å². The summed E-state index contributed by atoms with van der Waals surface area (Å²) in [5.41, 5.74) is 5.62. The van der Waals surface area contributed by atoms with Crippen LogP contribution in [0, 0.1) is 17.5 Å². The van der Waals surface area contributed by atoms with Crippen LogP contribution in [0.5, 0.6) is 0 Å². The number of rotatable bonds is 1. The van der Waals surface area contributed by atoms with Crippen molar-refractivity contribution in [3.63, 3.8) is 0 Å². The third-order valence-electron chi connectivity index (χ3n) is 2.29. The lowest BCUT2D eigenvalue weighted by atomic mass is 10.0. The van der Waals surface area contributed by atoms with Gasteiger partial charge in [0.05, 0.1) is 16.3 Å². The van der Waals surface area contributed by atoms with Crippen molar-refractivity contribution in [3.8, 4) is 11.1 Å². The zero-order chi connectivity index (χ0) is 12.6. The molecule has 0 amide bonds. The fourth-order valence-electron chi connectivity index (χ4n) is 1.52. The smallest absolute Gasteiger partial charge is 0.136 e. The normalized spacial score (nSPS) is 10.6. The largest absolute Gasteiger partial charge is 0.398 e. The monoisotopic (exact) mass is 257 g/mol. The summed E-state index contributed by atoms with van der Waals surface area (Å²) in [7, 11) is 0. The lowest BCUT2D eigenvalue weighted by Gasteiger charge is -2.07. The highest BCUT2D eigenvalue weighted by Crippen LogP contribution is 2.30. The summed E-state index contributed by atoms with van der Waals surface area (Å²) in [4.78, 5) is 0. The molecule has 0 aromatic heterocycles. The molecule has 2 aromatic rings. The third kappa shape index (κ3) is 2.22. The predicted molar refractivity (Wildman–Crippen MR) is 61.2 cm³/mol. The minimum absolute atomic E-state index is 0.201. The van der Waals surface area contributed by atoms with E-state index in [1.165, 1.54) is 18.2 Å². The maximum atomic E-state index is 13.5. The Morgan fingerprint density at radius 2 is 1.53 bits per heavy atom. The molecule has 0 saturated heterocycles. The Balaban J connectivity index is 2.64. The average molecular weight is 258 g/mol. The summed E-state index contributed by atoms with van der Waals surface area (Å²) in [6.45, 7) is 0. The van der Waals surface area contributed by atoms with Crippen LogP contribution in [0.1, 0.15) is 0 Å². The molecule has 2 aromatic carbocycles. The van der Waals surface area contributed by atoms with E-state index in [0.717, 1.165) is 0 Å². The van der Waals surface area contributed by atoms with Crippen LogP contribution < -0.4 is 5.73 Å². The third-order valence-corrected chi connectivity index (χ3v) is 2.64. The zero-order valence-electron chi connectivity index (χ0n) is 8.48. The van der Waals surface area contributed by atoms with E-state index in [4.69, 9.17) is 17.3 Å². The van der Waals surface area contributed by atoms with Gasteiger partial charge in [-0.15, -0.1) is 0 Å². The van der Waals surface area contributed by atoms with Gasteiger partial charge in [-0.25, -0.2) is 13.2 Å². The van der Waals surface area contributed by atoms with Crippen LogP contribution in [-0.2, 0) is 0 Å². The van der Waals surface area contributed by atoms with Crippen LogP contribution in [0.3, 0.4) is 0 Å². The standard InChI is InChI=1S/C12H7ClF3N/c13-8-2-1-6(3-11(8)17)12-9(15)4-7(14)5-10(12)16/h1-5H,17H2. The molecule has 17 heavy (non-hydrogen) atoms. The summed E-state index contributed by atoms with van der Waals surface area (Å²) >= 11 is 5.70. The Labute approximate surface area is 101 Å². The maximum Gasteiger partial charge on any atom is 0.136 e. The zero-order valence-corrected chi connectivity index (χ0v) is 9.23. The van der Waals surface area contributed by atoms with Crippen molar-refractivity contribution in [1.82, 2.24) is 0 Å². The molecular formula is C12H7ClF3N. The van der Waals surface area contributed by atoms with Crippen LogP contribution >= 0.6 is 11.6 Å². The molecular weight excluding hydrogens is 251 g/mol. The quantitative estimate of drug-likeness (QED) is 0.768. The first-order valence-corrected chi connectivity index (χ1v) is 5.07. The average Bonchev–Trinajstić information content (AvgIpc) is 2.21. The summed E-state index contributed by atoms with van der Waals surface area (Å²) in [6.07, 6.45) is 0. The van der Waals surface area contributed by atoms with Crippen LogP contribution in [0.15, 0.2) is 30.3 Å². The molecule has 5 heteroatoms. The minimum Gasteiger partial charge on any atom is -0.398 e. The Kier molecular flexibility index (Phi) is 2.98. The lowest BCUT2D eigenvalue weighted by Crippen LogP contribution is -1.94. The molecule has 0 atom stereocenters. The molecule has 1 nitrogen and oxygen atoms in total. The van der Waals surface area contributed by atoms with Crippen molar-refractivity contribution in [3.05, 3.63) is 52.8 Å². The Morgan fingerprint density at radius 3 is 2.06 bits per heavy atom. The Hall–Kier alpha value is -1.68. The molecule has 2 rings (SSSR count). The van der Waals surface area contributed by atoms with Crippen LogP contribution in [-0.4, -0.2) is 0 Å². The number of hydrogen-bond acceptors (Lipinski definition) is 1. The van der Waals surface area contributed by atoms with Crippen molar-refractivity contribution in [1.29, 1.82) is 0 Å². The molecule has 0 aliphatic carbocycles. The number of hydrogen-bond donors (Lipinski definition) is 1. The summed E-state index contributed by atoms with van der Waals surface area (Å²) in [5, 5.41) is 0.289. The van der Waals surface area contributed by atoms with Gasteiger partial charge in [0.1, 0.15) is 17.5 Å². The van der Waals surface area contributed by atoms with E-state index in [1.54, 1.807) is 0 Å². The Morgan fingerprint density at radius 1 is 0.941 bits per heavy atom. The second-order valence-corrected chi connectivity index (χ2v) is 3.89. The van der Waals surface area contributed by atoms with E-state index >= 15 is 0 Å². The SMILES string of the molecule is Nc1cc(-c2c(F)cc(F)cc2F)ccc1Cl. The minimum atomic E-state index is -0.982. The second-order valence-electron chi connectivity index (χ2n) is 3.48. The van der Waals surface area contributed by atoms with Gasteiger partial charge in [-0.05, 0) is 17.7 Å². The fourth-order valence-corrected chi connectivity index (χ4v) is 1.63. The number of nitrogens with two attached hydrogens (primary N) is 1. The maximum absolute atomic E-state index is 13.5. The summed E-state index contributed by atoms with van der Waals surface area (Å²) < 4.78 is 39.7. The van der Waals surface area contributed by atoms with Crippen molar-refractivity contribution >= 4 is 17.3 Å². The lowest BCUT2D eigenvalue weighted by molar-refractivity contribution is 0.548. The topological polar surface area (TPSA) is 26.0 Å². The van der Waals surface area contributed by atoms with Gasteiger partial charge in [0.15, 0.2) is 0 Å². The van der Waals surface area contributed by atoms with Crippen molar-refractivity contribution in [2.24, 2.45) is 0 Å². The van der Waals surface area contributed by atoms with Crippen LogP contribution in [0.25, 0.3) is 11.1 Å². The van der Waals surface area contributed by atoms with Crippen LogP contribution in [0.4, 0.5) is 18.9 Å². The molecule has 0 spiro atoms. The van der Waals surface area contributed by atoms with Gasteiger partial charge in [-0.1, -0.05) is 17.7 Å². The number of benzene rings is 2. The highest BCUT2D eigenvalue weighted by molar-refractivity contribution is 6.33. The van der Waals surface area contributed by atoms with E-state index in [9.17, 15) is 13.2 Å². The highest BCUT2D eigenvalue weighted by Gasteiger charge is 2.14. The van der Waals surface area contributed by atoms with Gasteiger partial charge in [0, 0.05) is 12.1 Å². The fraction of sp³-hybridized carbons (Fsp3) is 0. The summed E-state index contributed by atoms with van der Waals surface area (Å²) in [6, 6.07) is 5.40. The Bertz CT molecular complexity index is 561. The molecule has 0 saturated carbocycles. The number of nitrogen functional groups attached to an aromatic ring is 1.